The molecule has 0 spiro atoms. The van der Waals surface area contributed by atoms with E-state index in [2.05, 4.69) is 4.98 Å². The predicted octanol–water partition coefficient (Wildman–Crippen LogP) is -0.307. The molecule has 1 aliphatic carbocycles. The molecule has 1 aliphatic rings. The van der Waals surface area contributed by atoms with Crippen molar-refractivity contribution in [2.75, 3.05) is 13.2 Å². The molecule has 1 heterocycles. The fraction of sp³-hybridized carbons (Fsp3) is 0.636. The molecule has 6 nitrogen and oxygen atoms in total. The summed E-state index contributed by atoms with van der Waals surface area (Å²) in [6.45, 7) is 0.0217. The van der Waals surface area contributed by atoms with Crippen LogP contribution in [0.3, 0.4) is 0 Å². The maximum absolute atomic E-state index is 11.7. The second-order valence-electron chi connectivity index (χ2n) is 4.65. The van der Waals surface area contributed by atoms with Gasteiger partial charge in [-0.1, -0.05) is 0 Å². The third-order valence-electron chi connectivity index (χ3n) is 3.60. The molecule has 0 bridgehead atoms. The van der Waals surface area contributed by atoms with Crippen molar-refractivity contribution in [2.24, 2.45) is 11.8 Å². The van der Waals surface area contributed by atoms with Crippen LogP contribution >= 0.6 is 22.6 Å². The van der Waals surface area contributed by atoms with Gasteiger partial charge in [0, 0.05) is 25.5 Å². The molecule has 18 heavy (non-hydrogen) atoms. The van der Waals surface area contributed by atoms with Gasteiger partial charge in [-0.15, -0.1) is 0 Å². The molecule has 2 rings (SSSR count). The highest BCUT2D eigenvalue weighted by molar-refractivity contribution is 14.1. The highest BCUT2D eigenvalue weighted by atomic mass is 127. The lowest BCUT2D eigenvalue weighted by Crippen LogP contribution is -2.33. The minimum Gasteiger partial charge on any atom is -0.396 e. The van der Waals surface area contributed by atoms with E-state index in [1.165, 1.54) is 4.57 Å². The summed E-state index contributed by atoms with van der Waals surface area (Å²) in [6.07, 6.45) is 2.83. The molecule has 0 aromatic carbocycles. The molecule has 0 saturated heterocycles. The number of aromatic nitrogens is 2. The van der Waals surface area contributed by atoms with E-state index in [-0.39, 0.29) is 36.7 Å². The van der Waals surface area contributed by atoms with E-state index in [0.29, 0.717) is 16.4 Å². The number of aliphatic hydroxyl groups is 2. The van der Waals surface area contributed by atoms with Crippen molar-refractivity contribution in [1.82, 2.24) is 9.55 Å². The Morgan fingerprint density at radius 2 is 1.83 bits per heavy atom. The fourth-order valence-electron chi connectivity index (χ4n) is 2.59. The summed E-state index contributed by atoms with van der Waals surface area (Å²) in [6, 6.07) is -0.0721. The van der Waals surface area contributed by atoms with Crippen LogP contribution in [0, 0.1) is 15.4 Å². The van der Waals surface area contributed by atoms with Gasteiger partial charge < -0.3 is 10.2 Å². The summed E-state index contributed by atoms with van der Waals surface area (Å²) >= 11 is 1.88. The van der Waals surface area contributed by atoms with E-state index in [9.17, 15) is 19.8 Å². The molecule has 3 N–H and O–H groups in total. The zero-order chi connectivity index (χ0) is 13.3. The van der Waals surface area contributed by atoms with Crippen molar-refractivity contribution in [3.05, 3.63) is 30.6 Å². The van der Waals surface area contributed by atoms with Crippen molar-refractivity contribution in [1.29, 1.82) is 0 Å². The molecule has 0 radical (unpaired) electrons. The van der Waals surface area contributed by atoms with Crippen LogP contribution in [0.5, 0.6) is 0 Å². The highest BCUT2D eigenvalue weighted by Gasteiger charge is 2.34. The zero-order valence-electron chi connectivity index (χ0n) is 9.67. The van der Waals surface area contributed by atoms with Gasteiger partial charge in [-0.2, -0.15) is 0 Å². The number of aliphatic hydroxyl groups excluding tert-OH is 2. The molecule has 1 aromatic heterocycles. The van der Waals surface area contributed by atoms with Crippen LogP contribution < -0.4 is 11.2 Å². The molecule has 2 atom stereocenters. The van der Waals surface area contributed by atoms with Crippen LogP contribution in [0.15, 0.2) is 15.8 Å². The van der Waals surface area contributed by atoms with Crippen LogP contribution in [-0.2, 0) is 0 Å². The summed E-state index contributed by atoms with van der Waals surface area (Å²) < 4.78 is 1.96. The number of halogens is 1. The smallest absolute Gasteiger partial charge is 0.328 e. The fourth-order valence-corrected chi connectivity index (χ4v) is 3.02. The number of nitrogens with zero attached hydrogens (tertiary/aromatic N) is 1. The molecule has 1 fully saturated rings. The second kappa shape index (κ2) is 5.54. The Morgan fingerprint density at radius 3 is 2.33 bits per heavy atom. The SMILES string of the molecule is O=c1[nH]c(=O)n(C2C[C@H](CO)[C@@H](CO)C2)cc1I. The Balaban J connectivity index is 2.31. The molecule has 0 amide bonds. The Bertz CT molecular complexity index is 527. The molecule has 100 valence electrons. The van der Waals surface area contributed by atoms with E-state index in [1.807, 2.05) is 22.6 Å². The minimum absolute atomic E-state index is 0.0106. The first-order valence-corrected chi connectivity index (χ1v) is 6.87. The van der Waals surface area contributed by atoms with Crippen LogP contribution in [-0.4, -0.2) is 33.0 Å². The van der Waals surface area contributed by atoms with Gasteiger partial charge in [0.2, 0.25) is 0 Å². The van der Waals surface area contributed by atoms with E-state index < -0.39 is 5.69 Å². The number of nitrogens with one attached hydrogen (secondary N) is 1. The van der Waals surface area contributed by atoms with Crippen LogP contribution in [0.4, 0.5) is 0 Å². The Hall–Kier alpha value is -0.670. The average Bonchev–Trinajstić information content (AvgIpc) is 2.76. The number of H-pyrrole nitrogens is 1. The van der Waals surface area contributed by atoms with E-state index in [0.717, 1.165) is 0 Å². The van der Waals surface area contributed by atoms with Crippen LogP contribution in [0.2, 0.25) is 0 Å². The van der Waals surface area contributed by atoms with Gasteiger partial charge in [0.05, 0.1) is 3.57 Å². The third kappa shape index (κ3) is 2.52. The largest absolute Gasteiger partial charge is 0.396 e. The topological polar surface area (TPSA) is 95.3 Å². The maximum Gasteiger partial charge on any atom is 0.328 e. The molecule has 1 saturated carbocycles. The predicted molar refractivity (Wildman–Crippen MR) is 73.5 cm³/mol. The first-order chi connectivity index (χ1) is 8.56. The molecule has 7 heteroatoms. The van der Waals surface area contributed by atoms with E-state index in [1.54, 1.807) is 6.20 Å². The van der Waals surface area contributed by atoms with Crippen molar-refractivity contribution in [3.8, 4) is 0 Å². The number of hydrogen-bond donors (Lipinski definition) is 3. The monoisotopic (exact) mass is 366 g/mol. The normalized spacial score (nSPS) is 24.6. The maximum atomic E-state index is 11.7. The van der Waals surface area contributed by atoms with Crippen molar-refractivity contribution in [2.45, 2.75) is 18.9 Å². The summed E-state index contributed by atoms with van der Waals surface area (Å²) in [5.41, 5.74) is -0.812. The first kappa shape index (κ1) is 13.8. The standard InChI is InChI=1S/C11H15IN2O4/c12-9-3-14(11(18)13-10(9)17)8-1-6(4-15)7(2-8)5-16/h3,6-8,15-16H,1-2,4-5H2,(H,13,17,18)/t6-,7-/m1/s1. The van der Waals surface area contributed by atoms with Gasteiger partial charge >= 0.3 is 5.69 Å². The summed E-state index contributed by atoms with van der Waals surface area (Å²) in [7, 11) is 0. The van der Waals surface area contributed by atoms with Crippen LogP contribution in [0.25, 0.3) is 0 Å². The third-order valence-corrected chi connectivity index (χ3v) is 4.37. The first-order valence-electron chi connectivity index (χ1n) is 5.79. The van der Waals surface area contributed by atoms with Gasteiger partial charge in [0.1, 0.15) is 0 Å². The second-order valence-corrected chi connectivity index (χ2v) is 5.82. The number of aromatic amines is 1. The Kier molecular flexibility index (Phi) is 4.23. The zero-order valence-corrected chi connectivity index (χ0v) is 11.8. The van der Waals surface area contributed by atoms with E-state index in [4.69, 9.17) is 0 Å². The molecule has 0 unspecified atom stereocenters. The van der Waals surface area contributed by atoms with Gasteiger partial charge in [0.25, 0.3) is 5.56 Å². The van der Waals surface area contributed by atoms with Crippen molar-refractivity contribution < 1.29 is 10.2 Å². The lowest BCUT2D eigenvalue weighted by atomic mass is 9.98. The number of hydrogen-bond acceptors (Lipinski definition) is 4. The van der Waals surface area contributed by atoms with Gasteiger partial charge in [-0.3, -0.25) is 14.3 Å². The lowest BCUT2D eigenvalue weighted by molar-refractivity contribution is 0.141. The summed E-state index contributed by atoms with van der Waals surface area (Å²) in [5, 5.41) is 18.5. The lowest BCUT2D eigenvalue weighted by Gasteiger charge is -2.13. The Labute approximate surface area is 117 Å². The van der Waals surface area contributed by atoms with Crippen LogP contribution in [0.1, 0.15) is 18.9 Å². The summed E-state index contributed by atoms with van der Waals surface area (Å²) in [4.78, 5) is 25.3. The molecular weight excluding hydrogens is 351 g/mol. The highest BCUT2D eigenvalue weighted by Crippen LogP contribution is 2.38. The van der Waals surface area contributed by atoms with Gasteiger partial charge in [-0.25, -0.2) is 4.79 Å². The van der Waals surface area contributed by atoms with Crippen molar-refractivity contribution >= 4 is 22.6 Å². The number of rotatable bonds is 3. The molecule has 0 aliphatic heterocycles. The van der Waals surface area contributed by atoms with Gasteiger partial charge in [0.15, 0.2) is 0 Å². The summed E-state index contributed by atoms with van der Waals surface area (Å²) in [5.74, 6) is 0.0213. The Morgan fingerprint density at radius 1 is 1.28 bits per heavy atom. The molecule has 1 aromatic rings. The van der Waals surface area contributed by atoms with Gasteiger partial charge in [-0.05, 0) is 47.3 Å². The molecular formula is C11H15IN2O4. The quantitative estimate of drug-likeness (QED) is 0.640. The van der Waals surface area contributed by atoms with Crippen molar-refractivity contribution in [3.63, 3.8) is 0 Å². The minimum atomic E-state index is -0.430. The average molecular weight is 366 g/mol. The van der Waals surface area contributed by atoms with E-state index >= 15 is 0 Å².